The number of methoxy groups -OCH3 is 3. The van der Waals surface area contributed by atoms with Crippen LogP contribution in [0.5, 0.6) is 11.5 Å². The molecule has 1 aliphatic carbocycles. The number of nitrogens with zero attached hydrogens (tertiary/aromatic N) is 1. The fourth-order valence-corrected chi connectivity index (χ4v) is 5.45. The normalized spacial score (nSPS) is 20.4. The Labute approximate surface area is 234 Å². The van der Waals surface area contributed by atoms with Gasteiger partial charge < -0.3 is 23.7 Å². The zero-order valence-corrected chi connectivity index (χ0v) is 23.5. The lowest BCUT2D eigenvalue weighted by Gasteiger charge is -2.36. The Morgan fingerprint density at radius 3 is 2.27 bits per heavy atom. The topological polar surface area (TPSA) is 110 Å². The van der Waals surface area contributed by atoms with E-state index >= 15 is 0 Å². The van der Waals surface area contributed by atoms with Gasteiger partial charge in [-0.3, -0.25) is 14.6 Å². The summed E-state index contributed by atoms with van der Waals surface area (Å²) in [7, 11) is 4.47. The van der Waals surface area contributed by atoms with Gasteiger partial charge in [-0.25, -0.2) is 4.79 Å². The van der Waals surface area contributed by atoms with Gasteiger partial charge in [0.1, 0.15) is 12.5 Å². The van der Waals surface area contributed by atoms with Crippen LogP contribution in [0.2, 0.25) is 0 Å². The summed E-state index contributed by atoms with van der Waals surface area (Å²) in [6, 6.07) is 12.5. The molecule has 3 atom stereocenters. The Morgan fingerprint density at radius 2 is 1.62 bits per heavy atom. The van der Waals surface area contributed by atoms with Crippen molar-refractivity contribution in [2.24, 2.45) is 10.9 Å². The maximum atomic E-state index is 13.8. The lowest BCUT2D eigenvalue weighted by atomic mass is 9.69. The van der Waals surface area contributed by atoms with Crippen LogP contribution in [0.1, 0.15) is 60.0 Å². The van der Waals surface area contributed by atoms with Gasteiger partial charge in [-0.1, -0.05) is 18.2 Å². The summed E-state index contributed by atoms with van der Waals surface area (Å²) in [5, 5.41) is 0. The average molecular weight is 550 g/mol. The molecule has 2 aromatic carbocycles. The maximum absolute atomic E-state index is 13.8. The van der Waals surface area contributed by atoms with Crippen molar-refractivity contribution in [3.8, 4) is 11.5 Å². The fourth-order valence-electron chi connectivity index (χ4n) is 5.45. The molecular weight excluding hydrogens is 514 g/mol. The van der Waals surface area contributed by atoms with Crippen molar-refractivity contribution < 1.29 is 38.1 Å². The SMILES string of the molecule is CCOCCOC(=O)C1C(C)=NC2=C(C(=O)C[C@H](c3ccc(OC)c(OC)c3)C2)[C@@H]1c1ccc(C(=O)OC)cc1. The summed E-state index contributed by atoms with van der Waals surface area (Å²) >= 11 is 0. The van der Waals surface area contributed by atoms with Gasteiger partial charge in [-0.05, 0) is 61.6 Å². The van der Waals surface area contributed by atoms with Crippen LogP contribution in [0.15, 0.2) is 58.7 Å². The molecule has 0 aromatic heterocycles. The fraction of sp³-hybridized carbons (Fsp3) is 0.419. The van der Waals surface area contributed by atoms with Crippen molar-refractivity contribution in [1.29, 1.82) is 0 Å². The monoisotopic (exact) mass is 549 g/mol. The molecule has 9 heteroatoms. The second-order valence-electron chi connectivity index (χ2n) is 9.69. The highest BCUT2D eigenvalue weighted by Gasteiger charge is 2.45. The van der Waals surface area contributed by atoms with Crippen molar-refractivity contribution in [2.75, 3.05) is 41.2 Å². The lowest BCUT2D eigenvalue weighted by Crippen LogP contribution is -2.38. The zero-order chi connectivity index (χ0) is 28.8. The van der Waals surface area contributed by atoms with Crippen molar-refractivity contribution in [3.63, 3.8) is 0 Å². The first kappa shape index (κ1) is 29.0. The molecule has 0 fully saturated rings. The van der Waals surface area contributed by atoms with Crippen LogP contribution in [0.4, 0.5) is 0 Å². The Kier molecular flexibility index (Phi) is 9.37. The number of ketones is 1. The molecule has 0 saturated carbocycles. The first-order valence-corrected chi connectivity index (χ1v) is 13.3. The van der Waals surface area contributed by atoms with Gasteiger partial charge in [0.2, 0.25) is 0 Å². The van der Waals surface area contributed by atoms with E-state index < -0.39 is 23.8 Å². The van der Waals surface area contributed by atoms with E-state index in [2.05, 4.69) is 0 Å². The number of rotatable bonds is 10. The van der Waals surface area contributed by atoms with E-state index in [9.17, 15) is 14.4 Å². The minimum atomic E-state index is -0.786. The molecule has 0 radical (unpaired) electrons. The first-order valence-electron chi connectivity index (χ1n) is 13.3. The predicted octanol–water partition coefficient (Wildman–Crippen LogP) is 4.65. The van der Waals surface area contributed by atoms with Crippen molar-refractivity contribution in [1.82, 2.24) is 0 Å². The van der Waals surface area contributed by atoms with E-state index in [1.165, 1.54) is 7.11 Å². The molecule has 2 aliphatic rings. The van der Waals surface area contributed by atoms with Crippen molar-refractivity contribution in [2.45, 2.75) is 38.5 Å². The van der Waals surface area contributed by atoms with Gasteiger partial charge in [-0.2, -0.15) is 0 Å². The highest BCUT2D eigenvalue weighted by Crippen LogP contribution is 2.47. The molecule has 1 aliphatic heterocycles. The van der Waals surface area contributed by atoms with Crippen molar-refractivity contribution >= 4 is 23.4 Å². The van der Waals surface area contributed by atoms with Crippen molar-refractivity contribution in [3.05, 3.63) is 70.4 Å². The highest BCUT2D eigenvalue weighted by molar-refractivity contribution is 6.09. The number of allylic oxidation sites excluding steroid dienone is 2. The van der Waals surface area contributed by atoms with Crippen LogP contribution in [0, 0.1) is 5.92 Å². The van der Waals surface area contributed by atoms with E-state index in [-0.39, 0.29) is 31.3 Å². The summed E-state index contributed by atoms with van der Waals surface area (Å²) in [5.74, 6) is -1.31. The highest BCUT2D eigenvalue weighted by atomic mass is 16.6. The van der Waals surface area contributed by atoms with Gasteiger partial charge in [0.25, 0.3) is 0 Å². The Balaban J connectivity index is 1.72. The Hall–Kier alpha value is -3.98. The number of benzene rings is 2. The molecule has 0 N–H and O–H groups in total. The quantitative estimate of drug-likeness (QED) is 0.311. The van der Waals surface area contributed by atoms with E-state index in [4.69, 9.17) is 28.7 Å². The van der Waals surface area contributed by atoms with Gasteiger partial charge in [0.15, 0.2) is 17.3 Å². The average Bonchev–Trinajstić information content (AvgIpc) is 2.97. The molecule has 0 bridgehead atoms. The van der Waals surface area contributed by atoms with Gasteiger partial charge in [0, 0.05) is 35.9 Å². The van der Waals surface area contributed by atoms with E-state index in [0.717, 1.165) is 11.1 Å². The number of aliphatic imine (C=N–C) groups is 1. The molecule has 0 amide bonds. The lowest BCUT2D eigenvalue weighted by molar-refractivity contribution is -0.148. The predicted molar refractivity (Wildman–Crippen MR) is 148 cm³/mol. The third kappa shape index (κ3) is 5.94. The van der Waals surface area contributed by atoms with Crippen LogP contribution in [-0.2, 0) is 23.8 Å². The second-order valence-corrected chi connectivity index (χ2v) is 9.69. The minimum absolute atomic E-state index is 0.0774. The third-order valence-electron chi connectivity index (χ3n) is 7.39. The molecule has 212 valence electrons. The number of hydrogen-bond acceptors (Lipinski definition) is 9. The number of carbonyl (C=O) groups excluding carboxylic acids is 3. The summed E-state index contributed by atoms with van der Waals surface area (Å²) in [5.41, 5.74) is 3.79. The van der Waals surface area contributed by atoms with Crippen LogP contribution in [0.25, 0.3) is 0 Å². The summed E-state index contributed by atoms with van der Waals surface area (Å²) in [6.45, 7) is 4.56. The number of hydrogen-bond donors (Lipinski definition) is 0. The smallest absolute Gasteiger partial charge is 0.337 e. The van der Waals surface area contributed by atoms with Crippen LogP contribution in [-0.4, -0.2) is 64.6 Å². The van der Waals surface area contributed by atoms with E-state index in [1.807, 2.05) is 25.1 Å². The molecule has 1 heterocycles. The van der Waals surface area contributed by atoms with E-state index in [1.54, 1.807) is 45.4 Å². The number of carbonyl (C=O) groups is 3. The molecule has 9 nitrogen and oxygen atoms in total. The third-order valence-corrected chi connectivity index (χ3v) is 7.39. The largest absolute Gasteiger partial charge is 0.493 e. The van der Waals surface area contributed by atoms with Gasteiger partial charge in [0.05, 0.1) is 33.5 Å². The summed E-state index contributed by atoms with van der Waals surface area (Å²) in [6.07, 6.45) is 0.780. The molecule has 40 heavy (non-hydrogen) atoms. The van der Waals surface area contributed by atoms with Crippen LogP contribution < -0.4 is 9.47 Å². The van der Waals surface area contributed by atoms with Gasteiger partial charge in [-0.15, -0.1) is 0 Å². The molecule has 1 unspecified atom stereocenters. The molecule has 4 rings (SSSR count). The van der Waals surface area contributed by atoms with Crippen LogP contribution in [0.3, 0.4) is 0 Å². The molecule has 0 spiro atoms. The molecule has 0 saturated heterocycles. The Morgan fingerprint density at radius 1 is 0.925 bits per heavy atom. The minimum Gasteiger partial charge on any atom is -0.493 e. The first-order chi connectivity index (χ1) is 19.3. The molecular formula is C31H35NO8. The standard InChI is InChI=1S/C31H35NO8/c1-6-39-13-14-40-31(35)27-18(2)32-23-15-22(21-11-12-25(36-3)26(17-21)37-4)16-24(33)29(23)28(27)19-7-9-20(10-8-19)30(34)38-5/h7-12,17,22,27-28H,6,13-16H2,1-5H3/t22-,27?,28-/m1/s1. The summed E-state index contributed by atoms with van der Waals surface area (Å²) < 4.78 is 26.5. The number of Topliss-reactive ketones (excluding diaryl/α,β-unsaturated/α-hetero) is 1. The zero-order valence-electron chi connectivity index (χ0n) is 23.5. The van der Waals surface area contributed by atoms with Gasteiger partial charge >= 0.3 is 11.9 Å². The number of ether oxygens (including phenoxy) is 5. The molecule has 2 aromatic rings. The van der Waals surface area contributed by atoms with E-state index in [0.29, 0.717) is 47.1 Å². The maximum Gasteiger partial charge on any atom is 0.337 e. The second kappa shape index (κ2) is 12.9. The summed E-state index contributed by atoms with van der Waals surface area (Å²) in [4.78, 5) is 44.1. The van der Waals surface area contributed by atoms with Crippen LogP contribution >= 0.6 is 0 Å². The Bertz CT molecular complexity index is 1330. The number of esters is 2.